The Balaban J connectivity index is 1.91. The number of benzene rings is 2. The number of aliphatic hydroxyl groups excluding tert-OH is 1. The van der Waals surface area contributed by atoms with Crippen LogP contribution in [0.15, 0.2) is 48.5 Å². The van der Waals surface area contributed by atoms with Crippen molar-refractivity contribution >= 4 is 5.97 Å². The van der Waals surface area contributed by atoms with Gasteiger partial charge in [0.05, 0.1) is 6.61 Å². The summed E-state index contributed by atoms with van der Waals surface area (Å²) >= 11 is 0. The van der Waals surface area contributed by atoms with Crippen LogP contribution in [0.3, 0.4) is 0 Å². The number of aliphatic hydroxyl groups is 2. The van der Waals surface area contributed by atoms with Crippen molar-refractivity contribution in [3.8, 4) is 5.75 Å². The number of rotatable bonds is 9. The van der Waals surface area contributed by atoms with E-state index in [2.05, 4.69) is 0 Å². The molecule has 0 radical (unpaired) electrons. The Hall–Kier alpha value is -2.41. The number of ether oxygens (including phenoxy) is 1. The molecular weight excluding hydrogens is 382 g/mol. The van der Waals surface area contributed by atoms with Crippen LogP contribution < -0.4 is 10.5 Å². The third-order valence-corrected chi connectivity index (χ3v) is 5.96. The molecule has 6 heteroatoms. The topological polar surface area (TPSA) is 113 Å². The Morgan fingerprint density at radius 3 is 2.57 bits per heavy atom. The number of carboxylic acids is 1. The van der Waals surface area contributed by atoms with Crippen molar-refractivity contribution in [1.29, 1.82) is 0 Å². The average Bonchev–Trinajstić information content (AvgIpc) is 2.78. The molecule has 1 aliphatic carbocycles. The second-order valence-electron chi connectivity index (χ2n) is 8.07. The van der Waals surface area contributed by atoms with Crippen LogP contribution in [0.25, 0.3) is 0 Å². The SMILES string of the molecule is NCC[C@@](O)(c1cccc(OCC2CCCCC2)c1)c1ccccc1C(O)C(=O)O. The molecule has 3 rings (SSSR count). The van der Waals surface area contributed by atoms with Gasteiger partial charge in [-0.1, -0.05) is 55.7 Å². The number of aliphatic carboxylic acids is 1. The first kappa shape index (κ1) is 22.3. The van der Waals surface area contributed by atoms with Gasteiger partial charge in [0.25, 0.3) is 0 Å². The molecule has 0 aliphatic heterocycles. The summed E-state index contributed by atoms with van der Waals surface area (Å²) in [7, 11) is 0. The summed E-state index contributed by atoms with van der Waals surface area (Å²) in [6.45, 7) is 0.828. The summed E-state index contributed by atoms with van der Waals surface area (Å²) in [4.78, 5) is 11.4. The van der Waals surface area contributed by atoms with E-state index in [4.69, 9.17) is 10.5 Å². The molecule has 1 aliphatic rings. The highest BCUT2D eigenvalue weighted by atomic mass is 16.5. The lowest BCUT2D eigenvalue weighted by Crippen LogP contribution is -2.32. The molecule has 2 aromatic carbocycles. The van der Waals surface area contributed by atoms with Crippen LogP contribution in [0.4, 0.5) is 0 Å². The van der Waals surface area contributed by atoms with Crippen LogP contribution in [0.2, 0.25) is 0 Å². The van der Waals surface area contributed by atoms with Gasteiger partial charge in [0.1, 0.15) is 11.4 Å². The summed E-state index contributed by atoms with van der Waals surface area (Å²) in [6, 6.07) is 13.7. The fourth-order valence-corrected chi connectivity index (χ4v) is 4.30. The Morgan fingerprint density at radius 1 is 1.13 bits per heavy atom. The minimum Gasteiger partial charge on any atom is -0.493 e. The van der Waals surface area contributed by atoms with Gasteiger partial charge in [0.15, 0.2) is 6.10 Å². The summed E-state index contributed by atoms with van der Waals surface area (Å²) in [6.07, 6.45) is 4.56. The number of carbonyl (C=O) groups is 1. The molecule has 1 unspecified atom stereocenters. The predicted molar refractivity (Wildman–Crippen MR) is 114 cm³/mol. The lowest BCUT2D eigenvalue weighted by atomic mass is 9.80. The summed E-state index contributed by atoms with van der Waals surface area (Å²) < 4.78 is 6.03. The minimum absolute atomic E-state index is 0.148. The van der Waals surface area contributed by atoms with Crippen LogP contribution in [-0.2, 0) is 10.4 Å². The lowest BCUT2D eigenvalue weighted by Gasteiger charge is -2.32. The Bertz CT molecular complexity index is 849. The molecule has 6 nitrogen and oxygen atoms in total. The third-order valence-electron chi connectivity index (χ3n) is 5.96. The van der Waals surface area contributed by atoms with Gasteiger partial charge in [0.2, 0.25) is 0 Å². The lowest BCUT2D eigenvalue weighted by molar-refractivity contribution is -0.147. The fourth-order valence-electron chi connectivity index (χ4n) is 4.30. The van der Waals surface area contributed by atoms with Gasteiger partial charge in [-0.3, -0.25) is 0 Å². The molecule has 30 heavy (non-hydrogen) atoms. The zero-order chi connectivity index (χ0) is 21.6. The van der Waals surface area contributed by atoms with Crippen molar-refractivity contribution in [3.05, 3.63) is 65.2 Å². The van der Waals surface area contributed by atoms with Crippen LogP contribution in [-0.4, -0.2) is 34.4 Å². The molecule has 0 aromatic heterocycles. The van der Waals surface area contributed by atoms with Gasteiger partial charge in [-0.05, 0) is 60.5 Å². The molecule has 162 valence electrons. The fraction of sp³-hybridized carbons (Fsp3) is 0.458. The third kappa shape index (κ3) is 5.01. The van der Waals surface area contributed by atoms with E-state index in [1.165, 1.54) is 38.2 Å². The minimum atomic E-state index is -1.74. The molecule has 0 heterocycles. The van der Waals surface area contributed by atoms with E-state index in [1.807, 2.05) is 12.1 Å². The van der Waals surface area contributed by atoms with Crippen molar-refractivity contribution in [2.24, 2.45) is 11.7 Å². The molecular formula is C24H31NO5. The second kappa shape index (κ2) is 10.1. The highest BCUT2D eigenvalue weighted by Crippen LogP contribution is 2.38. The number of hydrogen-bond donors (Lipinski definition) is 4. The standard InChI is InChI=1S/C24H31NO5/c25-14-13-24(29,21-12-5-4-11-20(21)22(26)23(27)28)18-9-6-10-19(15-18)30-16-17-7-2-1-3-8-17/h4-6,9-12,15,17,22,26,29H,1-3,7-8,13-14,16,25H2,(H,27,28)/t22?,24-/m1/s1. The Kier molecular flexibility index (Phi) is 7.48. The number of hydrogen-bond acceptors (Lipinski definition) is 5. The number of nitrogens with two attached hydrogens (primary N) is 1. The predicted octanol–water partition coefficient (Wildman–Crippen LogP) is 3.35. The van der Waals surface area contributed by atoms with E-state index in [-0.39, 0.29) is 18.5 Å². The smallest absolute Gasteiger partial charge is 0.337 e. The van der Waals surface area contributed by atoms with E-state index in [0.717, 1.165) is 0 Å². The van der Waals surface area contributed by atoms with Crippen LogP contribution in [0.5, 0.6) is 5.75 Å². The van der Waals surface area contributed by atoms with Crippen LogP contribution in [0, 0.1) is 5.92 Å². The van der Waals surface area contributed by atoms with Crippen molar-refractivity contribution in [2.45, 2.75) is 50.2 Å². The van der Waals surface area contributed by atoms with Gasteiger partial charge in [-0.15, -0.1) is 0 Å². The molecule has 0 amide bonds. The first-order chi connectivity index (χ1) is 14.5. The largest absolute Gasteiger partial charge is 0.493 e. The maximum Gasteiger partial charge on any atom is 0.337 e. The molecule has 2 aromatic rings. The van der Waals surface area contributed by atoms with E-state index in [9.17, 15) is 20.1 Å². The molecule has 0 saturated heterocycles. The maximum atomic E-state index is 11.7. The summed E-state index contributed by atoms with van der Waals surface area (Å²) in [5, 5.41) is 31.1. The number of carboxylic acid groups (broad SMARTS) is 1. The van der Waals surface area contributed by atoms with E-state index < -0.39 is 17.7 Å². The van der Waals surface area contributed by atoms with Gasteiger partial charge in [-0.25, -0.2) is 4.79 Å². The van der Waals surface area contributed by atoms with E-state index in [0.29, 0.717) is 29.4 Å². The zero-order valence-electron chi connectivity index (χ0n) is 17.2. The Labute approximate surface area is 177 Å². The second-order valence-corrected chi connectivity index (χ2v) is 8.07. The maximum absolute atomic E-state index is 11.7. The van der Waals surface area contributed by atoms with Crippen molar-refractivity contribution < 1.29 is 24.9 Å². The van der Waals surface area contributed by atoms with Gasteiger partial charge in [0, 0.05) is 0 Å². The molecule has 0 bridgehead atoms. The van der Waals surface area contributed by atoms with Crippen molar-refractivity contribution in [1.82, 2.24) is 0 Å². The average molecular weight is 414 g/mol. The summed E-state index contributed by atoms with van der Waals surface area (Å²) in [5.41, 5.74) is 5.28. The van der Waals surface area contributed by atoms with Crippen molar-refractivity contribution in [2.75, 3.05) is 13.2 Å². The van der Waals surface area contributed by atoms with Gasteiger partial charge in [-0.2, -0.15) is 0 Å². The van der Waals surface area contributed by atoms with Gasteiger partial charge < -0.3 is 25.8 Å². The van der Waals surface area contributed by atoms with Crippen molar-refractivity contribution in [3.63, 3.8) is 0 Å². The quantitative estimate of drug-likeness (QED) is 0.501. The normalized spacial score (nSPS) is 17.8. The first-order valence-electron chi connectivity index (χ1n) is 10.6. The molecule has 1 saturated carbocycles. The first-order valence-corrected chi connectivity index (χ1v) is 10.6. The monoisotopic (exact) mass is 413 g/mol. The van der Waals surface area contributed by atoms with Gasteiger partial charge >= 0.3 is 5.97 Å². The van der Waals surface area contributed by atoms with E-state index >= 15 is 0 Å². The van der Waals surface area contributed by atoms with Crippen LogP contribution >= 0.6 is 0 Å². The molecule has 1 fully saturated rings. The highest BCUT2D eigenvalue weighted by molar-refractivity contribution is 5.75. The van der Waals surface area contributed by atoms with E-state index in [1.54, 1.807) is 30.3 Å². The summed E-state index contributed by atoms with van der Waals surface area (Å²) in [5.74, 6) is -0.163. The van der Waals surface area contributed by atoms with Crippen LogP contribution in [0.1, 0.15) is 61.3 Å². The molecule has 2 atom stereocenters. The zero-order valence-corrected chi connectivity index (χ0v) is 17.2. The highest BCUT2D eigenvalue weighted by Gasteiger charge is 2.35. The molecule has 0 spiro atoms. The Morgan fingerprint density at radius 2 is 1.87 bits per heavy atom. The molecule has 5 N–H and O–H groups in total.